The van der Waals surface area contributed by atoms with Gasteiger partial charge in [0.05, 0.1) is 5.75 Å². The molecule has 0 radical (unpaired) electrons. The Morgan fingerprint density at radius 1 is 1.33 bits per heavy atom. The molecule has 0 aliphatic rings. The molecule has 0 aliphatic carbocycles. The summed E-state index contributed by atoms with van der Waals surface area (Å²) in [7, 11) is -3.54. The SMILES string of the molecule is CC(C)c1ccccc1C(=O)NCCS(N)(=O)=O. The van der Waals surface area contributed by atoms with Gasteiger partial charge in [0.25, 0.3) is 5.91 Å². The van der Waals surface area contributed by atoms with Crippen molar-refractivity contribution in [2.24, 2.45) is 5.14 Å². The molecule has 18 heavy (non-hydrogen) atoms. The maximum absolute atomic E-state index is 11.9. The lowest BCUT2D eigenvalue weighted by Gasteiger charge is -2.12. The zero-order valence-electron chi connectivity index (χ0n) is 10.5. The van der Waals surface area contributed by atoms with E-state index in [1.807, 2.05) is 26.0 Å². The molecule has 1 rings (SSSR count). The largest absolute Gasteiger partial charge is 0.351 e. The van der Waals surface area contributed by atoms with E-state index in [1.165, 1.54) is 0 Å². The Kier molecular flexibility index (Phi) is 4.86. The smallest absolute Gasteiger partial charge is 0.251 e. The Morgan fingerprint density at radius 2 is 1.94 bits per heavy atom. The van der Waals surface area contributed by atoms with E-state index in [0.29, 0.717) is 5.56 Å². The minimum Gasteiger partial charge on any atom is -0.351 e. The van der Waals surface area contributed by atoms with E-state index in [0.717, 1.165) is 5.56 Å². The van der Waals surface area contributed by atoms with Crippen molar-refractivity contribution in [2.45, 2.75) is 19.8 Å². The molecule has 0 heterocycles. The third-order valence-corrected chi connectivity index (χ3v) is 3.27. The van der Waals surface area contributed by atoms with Crippen LogP contribution in [0.3, 0.4) is 0 Å². The van der Waals surface area contributed by atoms with Crippen LogP contribution in [0.2, 0.25) is 0 Å². The summed E-state index contributed by atoms with van der Waals surface area (Å²) >= 11 is 0. The second kappa shape index (κ2) is 5.97. The maximum atomic E-state index is 11.9. The van der Waals surface area contributed by atoms with Crippen LogP contribution in [0.4, 0.5) is 0 Å². The van der Waals surface area contributed by atoms with Gasteiger partial charge in [-0.05, 0) is 17.5 Å². The van der Waals surface area contributed by atoms with Gasteiger partial charge in [0.2, 0.25) is 10.0 Å². The monoisotopic (exact) mass is 270 g/mol. The van der Waals surface area contributed by atoms with Crippen molar-refractivity contribution in [1.82, 2.24) is 5.32 Å². The van der Waals surface area contributed by atoms with Gasteiger partial charge in [-0.25, -0.2) is 13.6 Å². The highest BCUT2D eigenvalue weighted by molar-refractivity contribution is 7.89. The van der Waals surface area contributed by atoms with Gasteiger partial charge < -0.3 is 5.32 Å². The Morgan fingerprint density at radius 3 is 2.50 bits per heavy atom. The number of hydrogen-bond acceptors (Lipinski definition) is 3. The van der Waals surface area contributed by atoms with Crippen LogP contribution in [0.1, 0.15) is 35.7 Å². The molecule has 0 saturated carbocycles. The molecule has 0 saturated heterocycles. The van der Waals surface area contributed by atoms with E-state index in [1.54, 1.807) is 12.1 Å². The van der Waals surface area contributed by atoms with Gasteiger partial charge in [-0.3, -0.25) is 4.79 Å². The molecule has 1 aromatic rings. The number of sulfonamides is 1. The number of carbonyl (C=O) groups excluding carboxylic acids is 1. The zero-order chi connectivity index (χ0) is 13.8. The number of benzene rings is 1. The first-order chi connectivity index (χ1) is 8.31. The van der Waals surface area contributed by atoms with Crippen LogP contribution >= 0.6 is 0 Å². The van der Waals surface area contributed by atoms with Crippen molar-refractivity contribution in [1.29, 1.82) is 0 Å². The van der Waals surface area contributed by atoms with Crippen molar-refractivity contribution >= 4 is 15.9 Å². The zero-order valence-corrected chi connectivity index (χ0v) is 11.3. The number of nitrogens with one attached hydrogen (secondary N) is 1. The molecule has 3 N–H and O–H groups in total. The Bertz CT molecular complexity index is 524. The minimum absolute atomic E-state index is 0.0180. The van der Waals surface area contributed by atoms with Crippen LogP contribution in [-0.4, -0.2) is 26.6 Å². The number of nitrogens with two attached hydrogens (primary N) is 1. The van der Waals surface area contributed by atoms with Gasteiger partial charge in [0.15, 0.2) is 0 Å². The fourth-order valence-corrected chi connectivity index (χ4v) is 2.00. The van der Waals surface area contributed by atoms with Crippen molar-refractivity contribution in [2.75, 3.05) is 12.3 Å². The average molecular weight is 270 g/mol. The van der Waals surface area contributed by atoms with Crippen LogP contribution in [0, 0.1) is 0 Å². The van der Waals surface area contributed by atoms with Gasteiger partial charge in [-0.15, -0.1) is 0 Å². The number of amides is 1. The van der Waals surface area contributed by atoms with Crippen LogP contribution in [0.5, 0.6) is 0 Å². The third kappa shape index (κ3) is 4.46. The highest BCUT2D eigenvalue weighted by Crippen LogP contribution is 2.18. The lowest BCUT2D eigenvalue weighted by atomic mass is 9.97. The summed E-state index contributed by atoms with van der Waals surface area (Å²) < 4.78 is 21.5. The molecule has 0 aromatic heterocycles. The van der Waals surface area contributed by atoms with Crippen molar-refractivity contribution in [3.63, 3.8) is 0 Å². The predicted molar refractivity (Wildman–Crippen MR) is 70.8 cm³/mol. The van der Waals surface area contributed by atoms with Crippen LogP contribution in [0.25, 0.3) is 0 Å². The van der Waals surface area contributed by atoms with Gasteiger partial charge in [0.1, 0.15) is 0 Å². The van der Waals surface area contributed by atoms with E-state index in [-0.39, 0.29) is 24.1 Å². The standard InChI is InChI=1S/C12H18N2O3S/c1-9(2)10-5-3-4-6-11(10)12(15)14-7-8-18(13,16)17/h3-6,9H,7-8H2,1-2H3,(H,14,15)(H2,13,16,17). The fourth-order valence-electron chi connectivity index (χ4n) is 1.61. The molecule has 6 heteroatoms. The summed E-state index contributed by atoms with van der Waals surface area (Å²) in [4.78, 5) is 11.9. The quantitative estimate of drug-likeness (QED) is 0.830. The van der Waals surface area contributed by atoms with Gasteiger partial charge in [0, 0.05) is 12.1 Å². The molecule has 0 spiro atoms. The molecule has 0 atom stereocenters. The first-order valence-electron chi connectivity index (χ1n) is 5.69. The summed E-state index contributed by atoms with van der Waals surface area (Å²) in [6.07, 6.45) is 0. The topological polar surface area (TPSA) is 89.3 Å². The van der Waals surface area contributed by atoms with Crippen LogP contribution < -0.4 is 10.5 Å². The molecule has 100 valence electrons. The summed E-state index contributed by atoms with van der Waals surface area (Å²) in [5.41, 5.74) is 1.51. The van der Waals surface area contributed by atoms with E-state index in [4.69, 9.17) is 5.14 Å². The normalized spacial score (nSPS) is 11.6. The molecule has 1 aromatic carbocycles. The van der Waals surface area contributed by atoms with Crippen molar-refractivity contribution in [3.8, 4) is 0 Å². The Labute approximate surface area is 107 Å². The molecule has 0 bridgehead atoms. The predicted octanol–water partition coefficient (Wildman–Crippen LogP) is 0.828. The summed E-state index contributed by atoms with van der Waals surface area (Å²) in [5, 5.41) is 7.41. The second-order valence-corrected chi connectivity index (χ2v) is 6.10. The maximum Gasteiger partial charge on any atom is 0.251 e. The molecular formula is C12H18N2O3S. The molecule has 0 fully saturated rings. The average Bonchev–Trinajstić information content (AvgIpc) is 2.27. The van der Waals surface area contributed by atoms with Gasteiger partial charge in [-0.2, -0.15) is 0 Å². The van der Waals surface area contributed by atoms with E-state index in [9.17, 15) is 13.2 Å². The first kappa shape index (κ1) is 14.7. The molecule has 5 nitrogen and oxygen atoms in total. The number of primary sulfonamides is 1. The number of hydrogen-bond donors (Lipinski definition) is 2. The van der Waals surface area contributed by atoms with Crippen LogP contribution in [0.15, 0.2) is 24.3 Å². The fraction of sp³-hybridized carbons (Fsp3) is 0.417. The third-order valence-electron chi connectivity index (χ3n) is 2.50. The summed E-state index contributed by atoms with van der Waals surface area (Å²) in [6, 6.07) is 7.26. The summed E-state index contributed by atoms with van der Waals surface area (Å²) in [6.45, 7) is 4.01. The lowest BCUT2D eigenvalue weighted by molar-refractivity contribution is 0.0955. The van der Waals surface area contributed by atoms with Gasteiger partial charge in [-0.1, -0.05) is 32.0 Å². The number of rotatable bonds is 5. The molecule has 1 amide bonds. The van der Waals surface area contributed by atoms with E-state index < -0.39 is 10.0 Å². The first-order valence-corrected chi connectivity index (χ1v) is 7.40. The van der Waals surface area contributed by atoms with Crippen molar-refractivity contribution in [3.05, 3.63) is 35.4 Å². The minimum atomic E-state index is -3.54. The van der Waals surface area contributed by atoms with E-state index in [2.05, 4.69) is 5.32 Å². The summed E-state index contributed by atoms with van der Waals surface area (Å²) in [5.74, 6) is -0.309. The molecule has 0 unspecified atom stereocenters. The second-order valence-electron chi connectivity index (χ2n) is 4.36. The molecular weight excluding hydrogens is 252 g/mol. The highest BCUT2D eigenvalue weighted by Gasteiger charge is 2.13. The number of carbonyl (C=O) groups is 1. The van der Waals surface area contributed by atoms with Crippen molar-refractivity contribution < 1.29 is 13.2 Å². The lowest BCUT2D eigenvalue weighted by Crippen LogP contribution is -2.32. The highest BCUT2D eigenvalue weighted by atomic mass is 32.2. The molecule has 0 aliphatic heterocycles. The van der Waals surface area contributed by atoms with Crippen LogP contribution in [-0.2, 0) is 10.0 Å². The Balaban J connectivity index is 2.73. The van der Waals surface area contributed by atoms with Gasteiger partial charge >= 0.3 is 0 Å². The van der Waals surface area contributed by atoms with E-state index >= 15 is 0 Å². The Hall–Kier alpha value is -1.40.